The third-order valence-corrected chi connectivity index (χ3v) is 8.59. The number of halogens is 9. The summed E-state index contributed by atoms with van der Waals surface area (Å²) in [7, 11) is 1.27. The van der Waals surface area contributed by atoms with E-state index in [1.54, 1.807) is 5.32 Å². The van der Waals surface area contributed by atoms with E-state index in [-0.39, 0.29) is 37.0 Å². The maximum absolute atomic E-state index is 15.0. The summed E-state index contributed by atoms with van der Waals surface area (Å²) in [6.45, 7) is -2.85. The number of hydrogen-bond donors (Lipinski definition) is 2. The van der Waals surface area contributed by atoms with Crippen molar-refractivity contribution in [1.82, 2.24) is 10.2 Å². The molecule has 0 aliphatic carbocycles. The highest BCUT2D eigenvalue weighted by Crippen LogP contribution is 2.61. The first-order chi connectivity index (χ1) is 19.0. The smallest absolute Gasteiger partial charge is 0.347 e. The molecule has 0 aromatic heterocycles. The molecule has 1 spiro atoms. The molecule has 0 saturated carbocycles. The van der Waals surface area contributed by atoms with E-state index in [1.165, 1.54) is 37.4 Å². The Kier molecular flexibility index (Phi) is 7.42. The number of hydrogen-bond acceptors (Lipinski definition) is 4. The SMILES string of the molecule is CN(C(=O)C1[C@@H](C(=O)NCC(F)(F)F)[C@]2(C(=O)Nc3c(Cl)cc(Cl)cc32)N2CC(F)(F)C[C@@H]12)c1cc(Cl)cc(Cl)c1. The van der Waals surface area contributed by atoms with Crippen molar-refractivity contribution in [2.75, 3.05) is 30.4 Å². The van der Waals surface area contributed by atoms with Gasteiger partial charge in [0.2, 0.25) is 11.8 Å². The maximum Gasteiger partial charge on any atom is 0.405 e. The highest BCUT2D eigenvalue weighted by atomic mass is 35.5. The third kappa shape index (κ3) is 5.01. The summed E-state index contributed by atoms with van der Waals surface area (Å²) in [6.07, 6.45) is -5.80. The molecule has 16 heteroatoms. The second-order valence-electron chi connectivity index (χ2n) is 10.1. The minimum atomic E-state index is -4.85. The Morgan fingerprint density at radius 3 is 2.29 bits per heavy atom. The first-order valence-corrected chi connectivity index (χ1v) is 13.5. The van der Waals surface area contributed by atoms with E-state index in [2.05, 4.69) is 5.32 Å². The summed E-state index contributed by atoms with van der Waals surface area (Å²) in [6, 6.07) is 5.15. The topological polar surface area (TPSA) is 81.8 Å². The van der Waals surface area contributed by atoms with E-state index < -0.39 is 72.7 Å². The Morgan fingerprint density at radius 1 is 1.07 bits per heavy atom. The minimum Gasteiger partial charge on any atom is -0.347 e. The third-order valence-electron chi connectivity index (χ3n) is 7.63. The van der Waals surface area contributed by atoms with Gasteiger partial charge in [-0.2, -0.15) is 13.2 Å². The van der Waals surface area contributed by atoms with Crippen molar-refractivity contribution in [3.63, 3.8) is 0 Å². The Morgan fingerprint density at radius 2 is 1.68 bits per heavy atom. The summed E-state index contributed by atoms with van der Waals surface area (Å²) >= 11 is 24.6. The first-order valence-electron chi connectivity index (χ1n) is 12.0. The van der Waals surface area contributed by atoms with E-state index >= 15 is 8.78 Å². The molecule has 2 saturated heterocycles. The largest absolute Gasteiger partial charge is 0.405 e. The Balaban J connectivity index is 1.72. The van der Waals surface area contributed by atoms with Gasteiger partial charge in [0.25, 0.3) is 11.8 Å². The lowest BCUT2D eigenvalue weighted by molar-refractivity contribution is -0.148. The van der Waals surface area contributed by atoms with Crippen LogP contribution in [0.15, 0.2) is 30.3 Å². The quantitative estimate of drug-likeness (QED) is 0.410. The molecule has 3 aliphatic rings. The summed E-state index contributed by atoms with van der Waals surface area (Å²) in [5, 5.41) is 4.39. The van der Waals surface area contributed by atoms with Crippen molar-refractivity contribution in [1.29, 1.82) is 0 Å². The van der Waals surface area contributed by atoms with Crippen molar-refractivity contribution in [2.24, 2.45) is 11.8 Å². The van der Waals surface area contributed by atoms with Crippen molar-refractivity contribution in [3.05, 3.63) is 56.0 Å². The van der Waals surface area contributed by atoms with Gasteiger partial charge in [0.1, 0.15) is 12.1 Å². The fourth-order valence-corrected chi connectivity index (χ4v) is 7.24. The molecule has 41 heavy (non-hydrogen) atoms. The fraction of sp³-hybridized carbons (Fsp3) is 0.400. The molecule has 2 aromatic rings. The molecule has 220 valence electrons. The van der Waals surface area contributed by atoms with E-state index in [9.17, 15) is 27.6 Å². The van der Waals surface area contributed by atoms with Gasteiger partial charge in [-0.25, -0.2) is 8.78 Å². The number of benzene rings is 2. The molecular formula is C25H19Cl4F5N4O3. The van der Waals surface area contributed by atoms with Gasteiger partial charge < -0.3 is 15.5 Å². The van der Waals surface area contributed by atoms with Crippen LogP contribution in [0.1, 0.15) is 12.0 Å². The molecule has 3 amide bonds. The van der Waals surface area contributed by atoms with Gasteiger partial charge in [0.15, 0.2) is 0 Å². The van der Waals surface area contributed by atoms with Gasteiger partial charge >= 0.3 is 6.18 Å². The minimum absolute atomic E-state index is 0.0259. The fourth-order valence-electron chi connectivity index (χ4n) is 6.18. The number of alkyl halides is 5. The van der Waals surface area contributed by atoms with Gasteiger partial charge in [0, 0.05) is 45.8 Å². The van der Waals surface area contributed by atoms with Gasteiger partial charge in [-0.3, -0.25) is 19.3 Å². The average Bonchev–Trinajstić information content (AvgIpc) is 3.41. The maximum atomic E-state index is 15.0. The average molecular weight is 660 g/mol. The van der Waals surface area contributed by atoms with Crippen LogP contribution in [0, 0.1) is 11.8 Å². The molecule has 1 unspecified atom stereocenters. The van der Waals surface area contributed by atoms with Gasteiger partial charge in [0.05, 0.1) is 29.1 Å². The van der Waals surface area contributed by atoms with E-state index in [0.717, 1.165) is 9.80 Å². The second-order valence-corrected chi connectivity index (χ2v) is 11.9. The lowest BCUT2D eigenvalue weighted by Gasteiger charge is -2.37. The van der Waals surface area contributed by atoms with Crippen molar-refractivity contribution in [3.8, 4) is 0 Å². The number of rotatable bonds is 4. The van der Waals surface area contributed by atoms with Gasteiger partial charge in [-0.15, -0.1) is 0 Å². The molecule has 0 bridgehead atoms. The monoisotopic (exact) mass is 658 g/mol. The van der Waals surface area contributed by atoms with Crippen LogP contribution < -0.4 is 15.5 Å². The molecule has 2 N–H and O–H groups in total. The highest BCUT2D eigenvalue weighted by Gasteiger charge is 2.74. The van der Waals surface area contributed by atoms with Crippen molar-refractivity contribution >= 4 is 75.5 Å². The highest BCUT2D eigenvalue weighted by molar-refractivity contribution is 6.38. The predicted molar refractivity (Wildman–Crippen MR) is 143 cm³/mol. The molecule has 2 aromatic carbocycles. The van der Waals surface area contributed by atoms with Crippen LogP contribution in [-0.2, 0) is 19.9 Å². The number of carbonyl (C=O) groups is 3. The van der Waals surface area contributed by atoms with Crippen LogP contribution in [0.3, 0.4) is 0 Å². The normalized spacial score (nSPS) is 26.6. The number of nitrogens with zero attached hydrogens (tertiary/aromatic N) is 2. The molecular weight excluding hydrogens is 641 g/mol. The van der Waals surface area contributed by atoms with Crippen LogP contribution in [0.4, 0.5) is 33.3 Å². The van der Waals surface area contributed by atoms with Crippen molar-refractivity contribution in [2.45, 2.75) is 30.1 Å². The molecule has 3 aliphatic heterocycles. The number of nitrogens with one attached hydrogen (secondary N) is 2. The lowest BCUT2D eigenvalue weighted by Crippen LogP contribution is -2.57. The number of carbonyl (C=O) groups excluding carboxylic acids is 3. The van der Waals surface area contributed by atoms with Gasteiger partial charge in [-0.1, -0.05) is 46.4 Å². The molecule has 7 nitrogen and oxygen atoms in total. The first kappa shape index (κ1) is 30.1. The van der Waals surface area contributed by atoms with E-state index in [4.69, 9.17) is 46.4 Å². The van der Waals surface area contributed by atoms with Crippen LogP contribution in [0.2, 0.25) is 20.1 Å². The van der Waals surface area contributed by atoms with E-state index in [0.29, 0.717) is 0 Å². The van der Waals surface area contributed by atoms with E-state index in [1.807, 2.05) is 0 Å². The second kappa shape index (κ2) is 10.1. The molecule has 3 heterocycles. The predicted octanol–water partition coefficient (Wildman–Crippen LogP) is 5.74. The zero-order valence-electron chi connectivity index (χ0n) is 20.8. The van der Waals surface area contributed by atoms with Crippen LogP contribution >= 0.6 is 46.4 Å². The standard InChI is InChI=1S/C25H19Cl4F5N4O3/c1-37(13-3-10(26)2-11(27)4-13)21(40)17-16-7-23(30,31)9-38(16)25(18(17)20(39)35-8-24(32,33)34)14-5-12(28)6-15(29)19(14)36-22(25)41/h2-6,16-18H,7-9H2,1H3,(H,35,39)(H,36,41)/t16-,17?,18-,25+/m0/s1. The van der Waals surface area contributed by atoms with Gasteiger partial charge in [-0.05, 0) is 30.3 Å². The van der Waals surface area contributed by atoms with Crippen molar-refractivity contribution < 1.29 is 36.3 Å². The number of anilines is 2. The summed E-state index contributed by atoms with van der Waals surface area (Å²) in [4.78, 5) is 43.6. The van der Waals surface area contributed by atoms with Crippen LogP contribution in [-0.4, -0.2) is 60.9 Å². The molecule has 2 fully saturated rings. The number of amides is 3. The summed E-state index contributed by atoms with van der Waals surface area (Å²) < 4.78 is 69.6. The van der Waals surface area contributed by atoms with Crippen LogP contribution in [0.5, 0.6) is 0 Å². The Labute approximate surface area is 249 Å². The lowest BCUT2D eigenvalue weighted by atomic mass is 9.72. The summed E-state index contributed by atoms with van der Waals surface area (Å²) in [5.74, 6) is -10.3. The molecule has 5 rings (SSSR count). The zero-order valence-corrected chi connectivity index (χ0v) is 23.8. The molecule has 0 radical (unpaired) electrons. The summed E-state index contributed by atoms with van der Waals surface area (Å²) in [5.41, 5.74) is -2.36. The van der Waals surface area contributed by atoms with Crippen LogP contribution in [0.25, 0.3) is 0 Å². The Hall–Kier alpha value is -2.38. The number of fused-ring (bicyclic) bond motifs is 4. The zero-order chi connectivity index (χ0) is 30.2. The Bertz CT molecular complexity index is 1460. The molecule has 4 atom stereocenters.